The monoisotopic (exact) mass is 428 g/mol. The molecule has 1 heterocycles. The van der Waals surface area contributed by atoms with Gasteiger partial charge in [0, 0.05) is 17.7 Å². The summed E-state index contributed by atoms with van der Waals surface area (Å²) in [5.74, 6) is 0.215. The lowest BCUT2D eigenvalue weighted by molar-refractivity contribution is 0.693. The number of nitrogens with zero attached hydrogens (tertiary/aromatic N) is 1. The van der Waals surface area contributed by atoms with E-state index in [1.54, 1.807) is 0 Å². The third-order valence-electron chi connectivity index (χ3n) is 6.47. The van der Waals surface area contributed by atoms with Gasteiger partial charge in [0.15, 0.2) is 0 Å². The number of pyridine rings is 1. The Morgan fingerprint density at radius 1 is 0.727 bits per heavy atom. The molecular weight excluding hydrogens is 400 g/mol. The predicted octanol–water partition coefficient (Wildman–Crippen LogP) is 6.82. The normalized spacial score (nSPS) is 13.6. The minimum atomic E-state index is 0.215. The molecule has 1 aliphatic rings. The molecule has 162 valence electrons. The number of aryl methyl sites for hydroxylation is 1. The molecule has 0 fully saturated rings. The molecule has 33 heavy (non-hydrogen) atoms. The lowest BCUT2D eigenvalue weighted by Crippen LogP contribution is -2.17. The Labute approximate surface area is 196 Å². The van der Waals surface area contributed by atoms with Gasteiger partial charge in [-0.05, 0) is 65.4 Å². The minimum absolute atomic E-state index is 0.215. The zero-order chi connectivity index (χ0) is 22.6. The summed E-state index contributed by atoms with van der Waals surface area (Å²) in [5, 5.41) is 0. The molecule has 2 nitrogen and oxygen atoms in total. The molecule has 0 bridgehead atoms. The van der Waals surface area contributed by atoms with Crippen molar-refractivity contribution in [1.82, 2.24) is 4.98 Å². The molecule has 0 unspecified atom stereocenters. The van der Waals surface area contributed by atoms with Crippen LogP contribution in [0.3, 0.4) is 0 Å². The zero-order valence-corrected chi connectivity index (χ0v) is 18.9. The third-order valence-corrected chi connectivity index (χ3v) is 6.47. The van der Waals surface area contributed by atoms with Gasteiger partial charge >= 0.3 is 0 Å². The summed E-state index contributed by atoms with van der Waals surface area (Å²) >= 11 is 0. The minimum Gasteiger partial charge on any atom is -0.330 e. The van der Waals surface area contributed by atoms with Crippen LogP contribution in [0.1, 0.15) is 33.7 Å². The van der Waals surface area contributed by atoms with Crippen molar-refractivity contribution in [3.05, 3.63) is 137 Å². The maximum Gasteiger partial charge on any atom is 0.0704 e. The Bertz CT molecular complexity index is 1310. The van der Waals surface area contributed by atoms with Crippen molar-refractivity contribution >= 4 is 11.1 Å². The molecule has 3 aromatic carbocycles. The van der Waals surface area contributed by atoms with Crippen molar-refractivity contribution in [3.8, 4) is 11.3 Å². The molecule has 1 atom stereocenters. The fourth-order valence-corrected chi connectivity index (χ4v) is 4.62. The van der Waals surface area contributed by atoms with Crippen LogP contribution in [0.15, 0.2) is 109 Å². The molecule has 2 N–H and O–H groups in total. The van der Waals surface area contributed by atoms with Crippen molar-refractivity contribution in [2.24, 2.45) is 5.73 Å². The van der Waals surface area contributed by atoms with E-state index in [0.717, 1.165) is 12.1 Å². The van der Waals surface area contributed by atoms with Gasteiger partial charge in [0.25, 0.3) is 0 Å². The number of hydrogen-bond donors (Lipinski definition) is 1. The summed E-state index contributed by atoms with van der Waals surface area (Å²) < 4.78 is 0. The molecule has 0 saturated carbocycles. The number of nitrogens with two attached hydrogens (primary N) is 1. The Hall–Kier alpha value is -3.75. The van der Waals surface area contributed by atoms with Gasteiger partial charge in [-0.3, -0.25) is 4.98 Å². The van der Waals surface area contributed by atoms with E-state index in [2.05, 4.69) is 103 Å². The second kappa shape index (κ2) is 9.40. The van der Waals surface area contributed by atoms with Crippen LogP contribution >= 0.6 is 0 Å². The van der Waals surface area contributed by atoms with Crippen LogP contribution in [0.2, 0.25) is 0 Å². The Morgan fingerprint density at radius 2 is 1.42 bits per heavy atom. The molecule has 0 amide bonds. The number of allylic oxidation sites excluding steroid dienone is 4. The van der Waals surface area contributed by atoms with E-state index >= 15 is 0 Å². The summed E-state index contributed by atoms with van der Waals surface area (Å²) in [6.07, 6.45) is 7.16. The highest BCUT2D eigenvalue weighted by molar-refractivity contribution is 6.07. The molecule has 0 aliphatic heterocycles. The van der Waals surface area contributed by atoms with E-state index < -0.39 is 0 Å². The predicted molar refractivity (Wildman–Crippen MR) is 139 cm³/mol. The summed E-state index contributed by atoms with van der Waals surface area (Å²) in [6, 6.07) is 32.1. The van der Waals surface area contributed by atoms with E-state index in [1.165, 1.54) is 44.5 Å². The van der Waals surface area contributed by atoms with Crippen molar-refractivity contribution < 1.29 is 0 Å². The first-order chi connectivity index (χ1) is 16.2. The molecule has 4 aromatic rings. The molecule has 0 saturated heterocycles. The van der Waals surface area contributed by atoms with Gasteiger partial charge in [-0.25, -0.2) is 0 Å². The molecule has 0 radical (unpaired) electrons. The molecule has 1 aliphatic carbocycles. The van der Waals surface area contributed by atoms with Gasteiger partial charge in [0.05, 0.1) is 5.69 Å². The third kappa shape index (κ3) is 4.30. The van der Waals surface area contributed by atoms with E-state index in [0.29, 0.717) is 6.54 Å². The largest absolute Gasteiger partial charge is 0.330 e. The molecule has 5 rings (SSSR count). The van der Waals surface area contributed by atoms with E-state index in [-0.39, 0.29) is 5.92 Å². The van der Waals surface area contributed by atoms with Gasteiger partial charge < -0.3 is 5.73 Å². The van der Waals surface area contributed by atoms with Crippen LogP contribution in [0.4, 0.5) is 0 Å². The summed E-state index contributed by atoms with van der Waals surface area (Å²) in [7, 11) is 0. The molecule has 0 spiro atoms. The average Bonchev–Trinajstić information content (AvgIpc) is 2.84. The lowest BCUT2D eigenvalue weighted by Gasteiger charge is -2.25. The Kier molecular flexibility index (Phi) is 6.01. The van der Waals surface area contributed by atoms with Crippen LogP contribution in [0.5, 0.6) is 0 Å². The van der Waals surface area contributed by atoms with Gasteiger partial charge in [-0.2, -0.15) is 0 Å². The number of benzene rings is 3. The van der Waals surface area contributed by atoms with Crippen LogP contribution in [0, 0.1) is 6.92 Å². The van der Waals surface area contributed by atoms with Crippen LogP contribution in [-0.4, -0.2) is 11.5 Å². The van der Waals surface area contributed by atoms with Crippen LogP contribution < -0.4 is 5.73 Å². The van der Waals surface area contributed by atoms with E-state index in [4.69, 9.17) is 5.73 Å². The maximum atomic E-state index is 6.38. The molecule has 1 aromatic heterocycles. The van der Waals surface area contributed by atoms with Gasteiger partial charge in [0.2, 0.25) is 0 Å². The standard InChI is InChI=1S/C31H28N2/c1-22-13-15-23(16-14-22)27-17-18-30(27)29-11-5-4-9-26(29)25(21-32)20-24-8-2-3-10-28(24)31-12-6-7-19-33-31/h2-19,25H,20-21,32H2,1H3/t25-/m0/s1. The quantitative estimate of drug-likeness (QED) is 0.351. The van der Waals surface area contributed by atoms with Gasteiger partial charge in [-0.15, -0.1) is 0 Å². The van der Waals surface area contributed by atoms with Crippen LogP contribution in [0.25, 0.3) is 22.4 Å². The summed E-state index contributed by atoms with van der Waals surface area (Å²) in [4.78, 5) is 4.59. The van der Waals surface area contributed by atoms with Crippen molar-refractivity contribution in [3.63, 3.8) is 0 Å². The lowest BCUT2D eigenvalue weighted by atomic mass is 9.80. The second-order valence-corrected chi connectivity index (χ2v) is 8.62. The highest BCUT2D eigenvalue weighted by atomic mass is 14.7. The fourth-order valence-electron chi connectivity index (χ4n) is 4.62. The average molecular weight is 429 g/mol. The fraction of sp³-hybridized carbons (Fsp3) is 0.129. The summed E-state index contributed by atoms with van der Waals surface area (Å²) in [6.45, 7) is 2.71. The maximum absolute atomic E-state index is 6.38. The van der Waals surface area contributed by atoms with Crippen molar-refractivity contribution in [1.29, 1.82) is 0 Å². The first kappa shape index (κ1) is 21.1. The van der Waals surface area contributed by atoms with Crippen molar-refractivity contribution in [2.45, 2.75) is 19.3 Å². The topological polar surface area (TPSA) is 38.9 Å². The zero-order valence-electron chi connectivity index (χ0n) is 18.9. The summed E-state index contributed by atoms with van der Waals surface area (Å²) in [5.41, 5.74) is 17.6. The van der Waals surface area contributed by atoms with E-state index in [1.807, 2.05) is 18.3 Å². The van der Waals surface area contributed by atoms with Crippen molar-refractivity contribution in [2.75, 3.05) is 6.54 Å². The number of hydrogen-bond acceptors (Lipinski definition) is 2. The highest BCUT2D eigenvalue weighted by Crippen LogP contribution is 2.40. The molecular formula is C31H28N2. The number of aromatic nitrogens is 1. The first-order valence-corrected chi connectivity index (χ1v) is 11.5. The Balaban J connectivity index is 1.51. The highest BCUT2D eigenvalue weighted by Gasteiger charge is 2.21. The molecule has 2 heteroatoms. The first-order valence-electron chi connectivity index (χ1n) is 11.5. The van der Waals surface area contributed by atoms with Crippen LogP contribution in [-0.2, 0) is 6.42 Å². The number of rotatable bonds is 7. The SMILES string of the molecule is Cc1ccc(C2=C(c3ccccc3[C@H](CN)Cc3ccccc3-c3ccccn3)C=C2)cc1. The van der Waals surface area contributed by atoms with Gasteiger partial charge in [0.1, 0.15) is 0 Å². The van der Waals surface area contributed by atoms with Gasteiger partial charge in [-0.1, -0.05) is 96.6 Å². The Morgan fingerprint density at radius 3 is 2.12 bits per heavy atom. The van der Waals surface area contributed by atoms with E-state index in [9.17, 15) is 0 Å². The second-order valence-electron chi connectivity index (χ2n) is 8.62. The smallest absolute Gasteiger partial charge is 0.0704 e.